The first-order chi connectivity index (χ1) is 10.0. The number of carbonyl (C=O) groups is 2. The summed E-state index contributed by atoms with van der Waals surface area (Å²) in [4.78, 5) is 23.5. The van der Waals surface area contributed by atoms with Gasteiger partial charge >= 0.3 is 5.97 Å². The fourth-order valence-corrected chi connectivity index (χ4v) is 1.87. The fraction of sp³-hybridized carbons (Fsp3) is 0.125. The van der Waals surface area contributed by atoms with Crippen molar-refractivity contribution in [3.05, 3.63) is 59.2 Å². The lowest BCUT2D eigenvalue weighted by Gasteiger charge is -2.09. The van der Waals surface area contributed by atoms with Gasteiger partial charge in [0.15, 0.2) is 0 Å². The van der Waals surface area contributed by atoms with Crippen LogP contribution in [0.5, 0.6) is 0 Å². The molecule has 0 aromatic heterocycles. The van der Waals surface area contributed by atoms with Crippen LogP contribution in [-0.4, -0.2) is 19.0 Å². The number of carbonyl (C=O) groups excluding carboxylic acids is 2. The smallest absolute Gasteiger partial charge is 0.337 e. The van der Waals surface area contributed by atoms with E-state index < -0.39 is 5.97 Å². The van der Waals surface area contributed by atoms with Gasteiger partial charge in [-0.05, 0) is 43.3 Å². The first-order valence-corrected chi connectivity index (χ1v) is 6.37. The highest BCUT2D eigenvalue weighted by molar-refractivity contribution is 6.08. The number of esters is 1. The summed E-state index contributed by atoms with van der Waals surface area (Å²) in [7, 11) is 1.32. The van der Waals surface area contributed by atoms with Crippen molar-refractivity contribution in [1.82, 2.24) is 0 Å². The number of amides is 1. The Morgan fingerprint density at radius 2 is 1.76 bits per heavy atom. The Morgan fingerprint density at radius 1 is 1.10 bits per heavy atom. The van der Waals surface area contributed by atoms with Gasteiger partial charge in [-0.15, -0.1) is 0 Å². The molecule has 0 aliphatic heterocycles. The third-order valence-corrected chi connectivity index (χ3v) is 3.02. The average Bonchev–Trinajstić information content (AvgIpc) is 2.49. The normalized spacial score (nSPS) is 10.0. The van der Waals surface area contributed by atoms with E-state index in [0.717, 1.165) is 5.56 Å². The standard InChI is InChI=1S/C16H16N2O3/c1-10-3-8-14(17)13(9-10)15(19)18-12-6-4-11(5-7-12)16(20)21-2/h3-9H,17H2,1-2H3,(H,18,19). The number of methoxy groups -OCH3 is 1. The molecule has 2 aromatic carbocycles. The molecule has 0 saturated carbocycles. The van der Waals surface area contributed by atoms with E-state index in [4.69, 9.17) is 5.73 Å². The van der Waals surface area contributed by atoms with E-state index in [1.54, 1.807) is 36.4 Å². The van der Waals surface area contributed by atoms with Gasteiger partial charge in [0.1, 0.15) is 0 Å². The van der Waals surface area contributed by atoms with Crippen LogP contribution in [0.4, 0.5) is 11.4 Å². The molecule has 0 radical (unpaired) electrons. The molecule has 5 heteroatoms. The van der Waals surface area contributed by atoms with Gasteiger partial charge < -0.3 is 15.8 Å². The lowest BCUT2D eigenvalue weighted by molar-refractivity contribution is 0.0600. The topological polar surface area (TPSA) is 81.4 Å². The molecule has 0 spiro atoms. The second-order valence-corrected chi connectivity index (χ2v) is 4.61. The summed E-state index contributed by atoms with van der Waals surface area (Å²) in [6.45, 7) is 1.89. The second-order valence-electron chi connectivity index (χ2n) is 4.61. The van der Waals surface area contributed by atoms with Crippen LogP contribution in [0.2, 0.25) is 0 Å². The van der Waals surface area contributed by atoms with Gasteiger partial charge in [0.2, 0.25) is 0 Å². The van der Waals surface area contributed by atoms with Crippen LogP contribution in [0.25, 0.3) is 0 Å². The summed E-state index contributed by atoms with van der Waals surface area (Å²) < 4.78 is 4.61. The lowest BCUT2D eigenvalue weighted by Crippen LogP contribution is -2.14. The number of nitrogen functional groups attached to an aromatic ring is 1. The van der Waals surface area contributed by atoms with Crippen molar-refractivity contribution < 1.29 is 14.3 Å². The molecular formula is C16H16N2O3. The Kier molecular flexibility index (Phi) is 4.23. The summed E-state index contributed by atoms with van der Waals surface area (Å²) in [6.07, 6.45) is 0. The molecule has 0 saturated heterocycles. The zero-order chi connectivity index (χ0) is 15.4. The molecule has 0 unspecified atom stereocenters. The van der Waals surface area contributed by atoms with Crippen LogP contribution in [0, 0.1) is 6.92 Å². The molecule has 1 amide bonds. The maximum absolute atomic E-state index is 12.2. The minimum Gasteiger partial charge on any atom is -0.465 e. The SMILES string of the molecule is COC(=O)c1ccc(NC(=O)c2cc(C)ccc2N)cc1. The van der Waals surface area contributed by atoms with Gasteiger partial charge in [-0.2, -0.15) is 0 Å². The number of anilines is 2. The molecule has 3 N–H and O–H groups in total. The molecule has 108 valence electrons. The predicted molar refractivity (Wildman–Crippen MR) is 81.3 cm³/mol. The fourth-order valence-electron chi connectivity index (χ4n) is 1.87. The van der Waals surface area contributed by atoms with Crippen LogP contribution < -0.4 is 11.1 Å². The molecule has 0 fully saturated rings. The molecule has 0 aliphatic carbocycles. The largest absolute Gasteiger partial charge is 0.465 e. The predicted octanol–water partition coefficient (Wildman–Crippen LogP) is 2.62. The summed E-state index contributed by atoms with van der Waals surface area (Å²) in [5, 5.41) is 2.74. The van der Waals surface area contributed by atoms with Crippen molar-refractivity contribution in [2.45, 2.75) is 6.92 Å². The molecule has 0 heterocycles. The first-order valence-electron chi connectivity index (χ1n) is 6.37. The van der Waals surface area contributed by atoms with Crippen LogP contribution in [0.15, 0.2) is 42.5 Å². The minimum absolute atomic E-state index is 0.290. The quantitative estimate of drug-likeness (QED) is 0.670. The third kappa shape index (κ3) is 3.39. The van der Waals surface area contributed by atoms with Gasteiger partial charge in [-0.25, -0.2) is 4.79 Å². The highest BCUT2D eigenvalue weighted by Crippen LogP contribution is 2.17. The molecular weight excluding hydrogens is 268 g/mol. The summed E-state index contributed by atoms with van der Waals surface area (Å²) in [5.41, 5.74) is 8.60. The number of nitrogens with one attached hydrogen (secondary N) is 1. The van der Waals surface area contributed by atoms with Crippen molar-refractivity contribution in [3.8, 4) is 0 Å². The van der Waals surface area contributed by atoms with E-state index >= 15 is 0 Å². The highest BCUT2D eigenvalue weighted by atomic mass is 16.5. The Morgan fingerprint density at radius 3 is 2.38 bits per heavy atom. The number of ether oxygens (including phenoxy) is 1. The maximum atomic E-state index is 12.2. The van der Waals surface area contributed by atoms with E-state index in [2.05, 4.69) is 10.1 Å². The van der Waals surface area contributed by atoms with Crippen molar-refractivity contribution in [2.75, 3.05) is 18.2 Å². The molecule has 2 rings (SSSR count). The van der Waals surface area contributed by atoms with E-state index in [1.165, 1.54) is 7.11 Å². The zero-order valence-electron chi connectivity index (χ0n) is 11.8. The lowest BCUT2D eigenvalue weighted by atomic mass is 10.1. The van der Waals surface area contributed by atoms with Crippen molar-refractivity contribution in [2.24, 2.45) is 0 Å². The third-order valence-electron chi connectivity index (χ3n) is 3.02. The van der Waals surface area contributed by atoms with Gasteiger partial charge in [0.25, 0.3) is 5.91 Å². The minimum atomic E-state index is -0.421. The van der Waals surface area contributed by atoms with Crippen molar-refractivity contribution in [1.29, 1.82) is 0 Å². The van der Waals surface area contributed by atoms with E-state index in [-0.39, 0.29) is 5.91 Å². The number of rotatable bonds is 3. The Balaban J connectivity index is 2.16. The van der Waals surface area contributed by atoms with E-state index in [0.29, 0.717) is 22.5 Å². The van der Waals surface area contributed by atoms with Crippen molar-refractivity contribution in [3.63, 3.8) is 0 Å². The number of aryl methyl sites for hydroxylation is 1. The van der Waals surface area contributed by atoms with Crippen molar-refractivity contribution >= 4 is 23.3 Å². The van der Waals surface area contributed by atoms with Crippen LogP contribution in [0.3, 0.4) is 0 Å². The Bertz CT molecular complexity index is 678. The number of hydrogen-bond donors (Lipinski definition) is 2. The Labute approximate surface area is 122 Å². The van der Waals surface area contributed by atoms with Crippen LogP contribution >= 0.6 is 0 Å². The summed E-state index contributed by atoms with van der Waals surface area (Å²) in [6, 6.07) is 11.7. The van der Waals surface area contributed by atoms with Gasteiger partial charge in [-0.1, -0.05) is 11.6 Å². The van der Waals surface area contributed by atoms with Gasteiger partial charge in [0, 0.05) is 11.4 Å². The maximum Gasteiger partial charge on any atom is 0.337 e. The van der Waals surface area contributed by atoms with E-state index in [9.17, 15) is 9.59 Å². The molecule has 0 bridgehead atoms. The molecule has 0 aliphatic rings. The number of nitrogens with two attached hydrogens (primary N) is 1. The molecule has 21 heavy (non-hydrogen) atoms. The summed E-state index contributed by atoms with van der Waals surface area (Å²) >= 11 is 0. The molecule has 5 nitrogen and oxygen atoms in total. The summed E-state index contributed by atoms with van der Waals surface area (Å²) in [5.74, 6) is -0.710. The first kappa shape index (κ1) is 14.6. The van der Waals surface area contributed by atoms with Crippen LogP contribution in [-0.2, 0) is 4.74 Å². The molecule has 2 aromatic rings. The number of benzene rings is 2. The van der Waals surface area contributed by atoms with E-state index in [1.807, 2.05) is 13.0 Å². The monoisotopic (exact) mass is 284 g/mol. The van der Waals surface area contributed by atoms with Gasteiger partial charge in [0.05, 0.1) is 18.2 Å². The zero-order valence-corrected chi connectivity index (χ0v) is 11.8. The highest BCUT2D eigenvalue weighted by Gasteiger charge is 2.11. The second kappa shape index (κ2) is 6.09. The Hall–Kier alpha value is -2.82. The molecule has 0 atom stereocenters. The number of hydrogen-bond acceptors (Lipinski definition) is 4. The van der Waals surface area contributed by atoms with Gasteiger partial charge in [-0.3, -0.25) is 4.79 Å². The average molecular weight is 284 g/mol. The van der Waals surface area contributed by atoms with Crippen LogP contribution in [0.1, 0.15) is 26.3 Å².